The third-order valence-electron chi connectivity index (χ3n) is 5.70. The minimum absolute atomic E-state index is 0.0308. The van der Waals surface area contributed by atoms with Crippen molar-refractivity contribution in [1.82, 2.24) is 24.1 Å². The molecule has 3 heterocycles. The first-order valence-electron chi connectivity index (χ1n) is 11.6. The lowest BCUT2D eigenvalue weighted by atomic mass is 10.1. The van der Waals surface area contributed by atoms with Crippen molar-refractivity contribution in [3.05, 3.63) is 84.6 Å². The second-order valence-corrected chi connectivity index (χ2v) is 10.1. The number of oxazole rings is 1. The summed E-state index contributed by atoms with van der Waals surface area (Å²) in [4.78, 5) is 13.0. The fraction of sp³-hybridized carbons (Fsp3) is 0.160. The van der Waals surface area contributed by atoms with Gasteiger partial charge >= 0.3 is 12.0 Å². The van der Waals surface area contributed by atoms with Crippen LogP contribution < -0.4 is 10.0 Å². The molecule has 3 aromatic heterocycles. The average molecular weight is 561 g/mol. The summed E-state index contributed by atoms with van der Waals surface area (Å²) in [6.07, 6.45) is 0.500. The smallest absolute Gasteiger partial charge is 0.416 e. The minimum Gasteiger partial charge on any atom is -0.432 e. The molecule has 0 amide bonds. The number of benzene rings is 2. The van der Waals surface area contributed by atoms with Crippen molar-refractivity contribution in [2.24, 2.45) is 0 Å². The molecule has 0 bridgehead atoms. The molecule has 2 N–H and O–H groups in total. The van der Waals surface area contributed by atoms with Crippen LogP contribution in [0.4, 0.5) is 23.5 Å². The van der Waals surface area contributed by atoms with Gasteiger partial charge in [0.1, 0.15) is 23.5 Å². The van der Waals surface area contributed by atoms with Crippen LogP contribution in [-0.2, 0) is 16.2 Å². The molecular weight excluding hydrogens is 540 g/mol. The number of nitrogens with one attached hydrogen (secondary N) is 2. The zero-order valence-corrected chi connectivity index (χ0v) is 20.8. The number of sulfonamides is 1. The van der Waals surface area contributed by atoms with Gasteiger partial charge in [-0.2, -0.15) is 18.2 Å². The van der Waals surface area contributed by atoms with Gasteiger partial charge in [0, 0.05) is 31.0 Å². The Morgan fingerprint density at radius 3 is 2.41 bits per heavy atom. The highest BCUT2D eigenvalue weighted by molar-refractivity contribution is 7.89. The van der Waals surface area contributed by atoms with Gasteiger partial charge in [0.05, 0.1) is 16.2 Å². The molecule has 5 rings (SSSR count). The number of hydrogen-bond acceptors (Lipinski definition) is 7. The summed E-state index contributed by atoms with van der Waals surface area (Å²) in [5, 5.41) is 3.02. The number of nitrogens with zero attached hydrogens (tertiary/aromatic N) is 4. The number of anilines is 1. The van der Waals surface area contributed by atoms with Crippen molar-refractivity contribution >= 4 is 21.8 Å². The van der Waals surface area contributed by atoms with Gasteiger partial charge in [-0.05, 0) is 61.0 Å². The summed E-state index contributed by atoms with van der Waals surface area (Å²) in [5.41, 5.74) is 1.40. The van der Waals surface area contributed by atoms with Crippen LogP contribution in [0, 0.1) is 5.82 Å². The fourth-order valence-corrected chi connectivity index (χ4v) is 4.89. The standard InChI is InChI=1S/C25H20F4N6O3S/c26-18-6-2-16(3-7-18)21-22(35-14-15-38-24(35)34-21)20-10-13-31-23(33-20)30-11-1-12-32-39(36,37)19-8-4-17(5-9-19)25(27,28)29/h2-10,13-15,32H,1,11-12H2,(H,30,31,33). The van der Waals surface area contributed by atoms with E-state index >= 15 is 0 Å². The SMILES string of the molecule is O=S(=O)(NCCCNc1nccc(-c2c(-c3ccc(F)cc3)nc3occn23)n1)c1ccc(C(F)(F)F)cc1. The Hall–Kier alpha value is -4.30. The molecule has 14 heteroatoms. The van der Waals surface area contributed by atoms with E-state index in [1.807, 2.05) is 0 Å². The summed E-state index contributed by atoms with van der Waals surface area (Å²) in [6.45, 7) is 0.334. The van der Waals surface area contributed by atoms with E-state index in [2.05, 4.69) is 25.0 Å². The van der Waals surface area contributed by atoms with Gasteiger partial charge in [0.25, 0.3) is 0 Å². The van der Waals surface area contributed by atoms with Gasteiger partial charge in [-0.1, -0.05) is 0 Å². The highest BCUT2D eigenvalue weighted by atomic mass is 32.2. The first-order valence-corrected chi connectivity index (χ1v) is 13.1. The van der Waals surface area contributed by atoms with Crippen LogP contribution in [0.3, 0.4) is 0 Å². The van der Waals surface area contributed by atoms with Crippen molar-refractivity contribution < 1.29 is 30.4 Å². The number of hydrogen-bond donors (Lipinski definition) is 2. The van der Waals surface area contributed by atoms with Crippen LogP contribution in [0.15, 0.2) is 82.6 Å². The summed E-state index contributed by atoms with van der Waals surface area (Å²) >= 11 is 0. The molecule has 0 aliphatic rings. The van der Waals surface area contributed by atoms with E-state index in [9.17, 15) is 26.0 Å². The molecule has 39 heavy (non-hydrogen) atoms. The molecule has 0 atom stereocenters. The van der Waals surface area contributed by atoms with Crippen LogP contribution in [-0.4, -0.2) is 40.9 Å². The van der Waals surface area contributed by atoms with Gasteiger partial charge in [-0.3, -0.25) is 4.40 Å². The first kappa shape index (κ1) is 26.3. The third kappa shape index (κ3) is 5.76. The lowest BCUT2D eigenvalue weighted by Gasteiger charge is -2.10. The van der Waals surface area contributed by atoms with Gasteiger partial charge in [-0.15, -0.1) is 0 Å². The molecule has 0 aliphatic carbocycles. The zero-order valence-electron chi connectivity index (χ0n) is 20.0. The molecule has 0 saturated heterocycles. The number of rotatable bonds is 9. The summed E-state index contributed by atoms with van der Waals surface area (Å²) in [6, 6.07) is 10.8. The van der Waals surface area contributed by atoms with Crippen LogP contribution in [0.1, 0.15) is 12.0 Å². The molecule has 0 fully saturated rings. The number of aromatic nitrogens is 4. The highest BCUT2D eigenvalue weighted by Crippen LogP contribution is 2.32. The van der Waals surface area contributed by atoms with Crippen LogP contribution in [0.25, 0.3) is 28.5 Å². The predicted octanol–water partition coefficient (Wildman–Crippen LogP) is 4.99. The summed E-state index contributed by atoms with van der Waals surface area (Å²) < 4.78 is 85.8. The Bertz CT molecular complexity index is 1700. The van der Waals surface area contributed by atoms with Gasteiger partial charge in [-0.25, -0.2) is 27.5 Å². The molecule has 9 nitrogen and oxygen atoms in total. The van der Waals surface area contributed by atoms with E-state index in [0.717, 1.165) is 24.3 Å². The minimum atomic E-state index is -4.55. The topological polar surface area (TPSA) is 114 Å². The highest BCUT2D eigenvalue weighted by Gasteiger charge is 2.30. The zero-order chi connectivity index (χ0) is 27.6. The van der Waals surface area contributed by atoms with Gasteiger partial charge in [0.15, 0.2) is 0 Å². The third-order valence-corrected chi connectivity index (χ3v) is 7.18. The molecule has 0 aliphatic heterocycles. The Labute approximate surface area is 219 Å². The number of alkyl halides is 3. The van der Waals surface area contributed by atoms with Gasteiger partial charge < -0.3 is 9.73 Å². The van der Waals surface area contributed by atoms with Crippen molar-refractivity contribution in [3.63, 3.8) is 0 Å². The lowest BCUT2D eigenvalue weighted by molar-refractivity contribution is -0.137. The molecule has 2 aromatic carbocycles. The second-order valence-electron chi connectivity index (χ2n) is 8.34. The van der Waals surface area contributed by atoms with E-state index in [1.165, 1.54) is 18.4 Å². The van der Waals surface area contributed by atoms with E-state index in [1.54, 1.807) is 35.0 Å². The second kappa shape index (κ2) is 10.5. The van der Waals surface area contributed by atoms with E-state index < -0.39 is 21.8 Å². The maximum Gasteiger partial charge on any atom is 0.416 e. The van der Waals surface area contributed by atoms with Crippen LogP contribution >= 0.6 is 0 Å². The number of fused-ring (bicyclic) bond motifs is 1. The Balaban J connectivity index is 1.24. The molecule has 0 unspecified atom stereocenters. The molecule has 0 spiro atoms. The van der Waals surface area contributed by atoms with Crippen molar-refractivity contribution in [2.75, 3.05) is 18.4 Å². The Morgan fingerprint density at radius 2 is 1.69 bits per heavy atom. The van der Waals surface area contributed by atoms with E-state index in [4.69, 9.17) is 4.42 Å². The molecular formula is C25H20F4N6O3S. The van der Waals surface area contributed by atoms with Gasteiger partial charge in [0.2, 0.25) is 16.0 Å². The average Bonchev–Trinajstić information content (AvgIpc) is 3.50. The van der Waals surface area contributed by atoms with Crippen LogP contribution in [0.5, 0.6) is 0 Å². The Kier molecular flexibility index (Phi) is 7.06. The molecule has 5 aromatic rings. The maximum atomic E-state index is 13.5. The Morgan fingerprint density at radius 1 is 0.949 bits per heavy atom. The van der Waals surface area contributed by atoms with Crippen LogP contribution in [0.2, 0.25) is 0 Å². The molecule has 202 valence electrons. The number of imidazole rings is 1. The first-order chi connectivity index (χ1) is 18.6. The molecule has 0 saturated carbocycles. The maximum absolute atomic E-state index is 13.5. The van der Waals surface area contributed by atoms with Crippen molar-refractivity contribution in [3.8, 4) is 22.6 Å². The lowest BCUT2D eigenvalue weighted by Crippen LogP contribution is -2.26. The quantitative estimate of drug-likeness (QED) is 0.193. The number of halogens is 4. The largest absolute Gasteiger partial charge is 0.432 e. The van der Waals surface area contributed by atoms with E-state index in [0.29, 0.717) is 41.5 Å². The summed E-state index contributed by atoms with van der Waals surface area (Å²) in [5.74, 6) is 0.234. The van der Waals surface area contributed by atoms with E-state index in [-0.39, 0.29) is 23.2 Å². The predicted molar refractivity (Wildman–Crippen MR) is 134 cm³/mol. The summed E-state index contributed by atoms with van der Waals surface area (Å²) in [7, 11) is -3.97. The molecule has 0 radical (unpaired) electrons. The van der Waals surface area contributed by atoms with Crippen molar-refractivity contribution in [1.29, 1.82) is 0 Å². The monoisotopic (exact) mass is 560 g/mol. The normalized spacial score (nSPS) is 12.2. The fourth-order valence-electron chi connectivity index (χ4n) is 3.82. The van der Waals surface area contributed by atoms with Crippen molar-refractivity contribution in [2.45, 2.75) is 17.5 Å².